The van der Waals surface area contributed by atoms with Gasteiger partial charge >= 0.3 is 0 Å². The Kier molecular flexibility index (Phi) is 16.2. The van der Waals surface area contributed by atoms with Crippen molar-refractivity contribution in [2.45, 2.75) is 39.3 Å². The molecule has 0 heterocycles. The lowest BCUT2D eigenvalue weighted by atomic mass is 10.1. The van der Waals surface area contributed by atoms with Crippen LogP contribution in [-0.2, 0) is 4.74 Å². The molecule has 0 aromatic rings. The van der Waals surface area contributed by atoms with Gasteiger partial charge in [-0.2, -0.15) is 0 Å². The highest BCUT2D eigenvalue weighted by atomic mass is 28.2. The molecule has 0 aliphatic heterocycles. The minimum absolute atomic E-state index is 0.417. The molecule has 0 aliphatic carbocycles. The summed E-state index contributed by atoms with van der Waals surface area (Å²) < 4.78 is 4.89. The number of rotatable bonds is 5. The number of hydrogen-bond donors (Lipinski definition) is 0. The van der Waals surface area contributed by atoms with Crippen molar-refractivity contribution in [3.63, 3.8) is 0 Å². The molecule has 0 rings (SSSR count). The molecule has 0 unspecified atom stereocenters. The third-order valence-corrected chi connectivity index (χ3v) is 1.20. The van der Waals surface area contributed by atoms with Crippen LogP contribution >= 0.6 is 0 Å². The van der Waals surface area contributed by atoms with Crippen LogP contribution in [0.2, 0.25) is 13.1 Å². The van der Waals surface area contributed by atoms with Gasteiger partial charge in [0.2, 0.25) is 0 Å². The molecule has 0 N–H and O–H groups in total. The lowest BCUT2D eigenvalue weighted by Gasteiger charge is -1.97. The van der Waals surface area contributed by atoms with E-state index < -0.39 is 0 Å². The Morgan fingerprint density at radius 3 is 2.17 bits per heavy atom. The molecule has 0 saturated carbocycles. The third kappa shape index (κ3) is 22.5. The van der Waals surface area contributed by atoms with Crippen LogP contribution in [-0.4, -0.2) is 23.2 Å². The maximum Gasteiger partial charge on any atom is 0.0462 e. The fourth-order valence-electron chi connectivity index (χ4n) is 0.673. The summed E-state index contributed by atoms with van der Waals surface area (Å²) in [5.41, 5.74) is 1.27. The molecular weight excluding hydrogens is 164 g/mol. The highest BCUT2D eigenvalue weighted by Crippen LogP contribution is 2.02. The quantitative estimate of drug-likeness (QED) is 0.366. The van der Waals surface area contributed by atoms with Crippen LogP contribution in [0.25, 0.3) is 0 Å². The zero-order valence-corrected chi connectivity index (χ0v) is 10.6. The maximum atomic E-state index is 4.89. The molecule has 0 bridgehead atoms. The minimum Gasteiger partial charge on any atom is -0.385 e. The van der Waals surface area contributed by atoms with Crippen LogP contribution in [0.1, 0.15) is 26.2 Å². The Labute approximate surface area is 80.0 Å². The molecule has 0 radical (unpaired) electrons. The van der Waals surface area contributed by atoms with Crippen molar-refractivity contribution < 1.29 is 4.74 Å². The van der Waals surface area contributed by atoms with E-state index in [4.69, 9.17) is 4.74 Å². The van der Waals surface area contributed by atoms with Gasteiger partial charge in [0.25, 0.3) is 0 Å². The van der Waals surface area contributed by atoms with E-state index in [1.807, 2.05) is 0 Å². The van der Waals surface area contributed by atoms with Gasteiger partial charge < -0.3 is 4.74 Å². The monoisotopic (exact) mass is 188 g/mol. The maximum absolute atomic E-state index is 4.89. The number of unbranched alkanes of at least 4 members (excludes halogenated alkanes) is 1. The summed E-state index contributed by atoms with van der Waals surface area (Å²) in [4.78, 5) is 0. The molecule has 0 amide bonds. The van der Waals surface area contributed by atoms with Gasteiger partial charge in [0.1, 0.15) is 0 Å². The standard InChI is InChI=1S/C8H16O.C2H8Si/c1-8(2)6-4-5-7-9-3;1-3-2/h1,4-7H2,2-3H3;3H2,1-2H3. The van der Waals surface area contributed by atoms with E-state index in [0.29, 0.717) is 9.52 Å². The fourth-order valence-corrected chi connectivity index (χ4v) is 0.673. The molecule has 0 fully saturated rings. The molecule has 0 aromatic heterocycles. The van der Waals surface area contributed by atoms with Crippen molar-refractivity contribution in [2.75, 3.05) is 13.7 Å². The normalized spacial score (nSPS) is 8.67. The summed E-state index contributed by atoms with van der Waals surface area (Å²) in [6.45, 7) is 11.3. The second-order valence-electron chi connectivity index (χ2n) is 3.11. The topological polar surface area (TPSA) is 9.23 Å². The Morgan fingerprint density at radius 2 is 1.83 bits per heavy atom. The predicted molar refractivity (Wildman–Crippen MR) is 60.8 cm³/mol. The first kappa shape index (κ1) is 14.4. The fraction of sp³-hybridized carbons (Fsp3) is 0.800. The summed E-state index contributed by atoms with van der Waals surface area (Å²) in [6.07, 6.45) is 3.51. The van der Waals surface area contributed by atoms with Crippen LogP contribution in [0.3, 0.4) is 0 Å². The largest absolute Gasteiger partial charge is 0.385 e. The van der Waals surface area contributed by atoms with Crippen LogP contribution in [0, 0.1) is 0 Å². The van der Waals surface area contributed by atoms with Crippen molar-refractivity contribution in [3.8, 4) is 0 Å². The molecule has 0 atom stereocenters. The number of ether oxygens (including phenoxy) is 1. The molecular formula is C10H24OSi. The van der Waals surface area contributed by atoms with E-state index in [2.05, 4.69) is 26.6 Å². The second kappa shape index (κ2) is 13.5. The van der Waals surface area contributed by atoms with Crippen molar-refractivity contribution in [3.05, 3.63) is 12.2 Å². The first-order valence-corrected chi connectivity index (χ1v) is 7.65. The first-order valence-electron chi connectivity index (χ1n) is 4.82. The Morgan fingerprint density at radius 1 is 1.33 bits per heavy atom. The number of hydrogen-bond acceptors (Lipinski definition) is 1. The van der Waals surface area contributed by atoms with Gasteiger partial charge in [-0.1, -0.05) is 18.7 Å². The molecule has 0 spiro atoms. The van der Waals surface area contributed by atoms with Crippen LogP contribution in [0.15, 0.2) is 12.2 Å². The number of allylic oxidation sites excluding steroid dienone is 1. The van der Waals surface area contributed by atoms with Crippen molar-refractivity contribution in [1.29, 1.82) is 0 Å². The lowest BCUT2D eigenvalue weighted by Crippen LogP contribution is -1.87. The summed E-state index contributed by atoms with van der Waals surface area (Å²) in [7, 11) is 2.15. The zero-order valence-electron chi connectivity index (χ0n) is 9.15. The van der Waals surface area contributed by atoms with Gasteiger partial charge in [0.05, 0.1) is 0 Å². The molecule has 0 saturated heterocycles. The summed E-state index contributed by atoms with van der Waals surface area (Å²) in [6, 6.07) is 0. The van der Waals surface area contributed by atoms with E-state index in [1.54, 1.807) is 7.11 Å². The SMILES string of the molecule is C=C(C)CCCCOC.C[SiH2]C. The average Bonchev–Trinajstić information content (AvgIpc) is 1.99. The highest BCUT2D eigenvalue weighted by molar-refractivity contribution is 6.31. The molecule has 1 nitrogen and oxygen atoms in total. The Balaban J connectivity index is 0. The van der Waals surface area contributed by atoms with Crippen LogP contribution in [0.4, 0.5) is 0 Å². The lowest BCUT2D eigenvalue weighted by molar-refractivity contribution is 0.193. The smallest absolute Gasteiger partial charge is 0.0462 e. The van der Waals surface area contributed by atoms with Crippen LogP contribution in [0.5, 0.6) is 0 Å². The van der Waals surface area contributed by atoms with Crippen LogP contribution < -0.4 is 0 Å². The Hall–Kier alpha value is -0.0831. The first-order chi connectivity index (χ1) is 5.68. The zero-order chi connectivity index (χ0) is 9.82. The van der Waals surface area contributed by atoms with Gasteiger partial charge in [-0.05, 0) is 26.2 Å². The molecule has 0 aliphatic rings. The average molecular weight is 188 g/mol. The minimum atomic E-state index is 0.417. The molecule has 2 heteroatoms. The van der Waals surface area contributed by atoms with Gasteiger partial charge in [-0.15, -0.1) is 6.58 Å². The van der Waals surface area contributed by atoms with Crippen molar-refractivity contribution in [1.82, 2.24) is 0 Å². The molecule has 0 aromatic carbocycles. The molecule has 74 valence electrons. The number of methoxy groups -OCH3 is 1. The Bertz CT molecular complexity index is 91.8. The molecule has 12 heavy (non-hydrogen) atoms. The summed E-state index contributed by atoms with van der Waals surface area (Å²) in [5.74, 6) is 0. The van der Waals surface area contributed by atoms with E-state index in [1.165, 1.54) is 12.0 Å². The van der Waals surface area contributed by atoms with E-state index in [0.717, 1.165) is 19.4 Å². The third-order valence-electron chi connectivity index (χ3n) is 1.20. The van der Waals surface area contributed by atoms with Gasteiger partial charge in [0, 0.05) is 23.2 Å². The second-order valence-corrected chi connectivity index (χ2v) is 4.53. The van der Waals surface area contributed by atoms with Gasteiger partial charge in [-0.25, -0.2) is 0 Å². The predicted octanol–water partition coefficient (Wildman–Crippen LogP) is 2.63. The van der Waals surface area contributed by atoms with E-state index >= 15 is 0 Å². The van der Waals surface area contributed by atoms with Crippen molar-refractivity contribution in [2.24, 2.45) is 0 Å². The van der Waals surface area contributed by atoms with Gasteiger partial charge in [-0.3, -0.25) is 0 Å². The summed E-state index contributed by atoms with van der Waals surface area (Å²) >= 11 is 0. The van der Waals surface area contributed by atoms with E-state index in [9.17, 15) is 0 Å². The van der Waals surface area contributed by atoms with E-state index in [-0.39, 0.29) is 0 Å². The van der Waals surface area contributed by atoms with Crippen molar-refractivity contribution >= 4 is 9.52 Å². The van der Waals surface area contributed by atoms with Gasteiger partial charge in [0.15, 0.2) is 0 Å². The summed E-state index contributed by atoms with van der Waals surface area (Å²) in [5, 5.41) is 0. The highest BCUT2D eigenvalue weighted by Gasteiger charge is 1.86.